The van der Waals surface area contributed by atoms with Gasteiger partial charge in [0.1, 0.15) is 8.07 Å². The van der Waals surface area contributed by atoms with Crippen molar-refractivity contribution in [3.63, 3.8) is 0 Å². The summed E-state index contributed by atoms with van der Waals surface area (Å²) in [4.78, 5) is 0. The summed E-state index contributed by atoms with van der Waals surface area (Å²) in [5, 5.41) is 0. The molecule has 1 atom stereocenters. The van der Waals surface area contributed by atoms with E-state index in [-0.39, 0.29) is 5.41 Å². The van der Waals surface area contributed by atoms with Crippen molar-refractivity contribution in [2.75, 3.05) is 0 Å². The first-order valence-corrected chi connectivity index (χ1v) is 15.9. The van der Waals surface area contributed by atoms with Crippen LogP contribution in [-0.4, -0.2) is 16.4 Å². The van der Waals surface area contributed by atoms with Crippen LogP contribution < -0.4 is 0 Å². The monoisotopic (exact) mass is 348 g/mol. The van der Waals surface area contributed by atoms with Crippen molar-refractivity contribution >= 4 is 16.4 Å². The summed E-state index contributed by atoms with van der Waals surface area (Å²) in [6, 6.07) is 0. The van der Waals surface area contributed by atoms with Gasteiger partial charge in [0.05, 0.1) is 5.76 Å². The van der Waals surface area contributed by atoms with E-state index in [9.17, 15) is 0 Å². The Morgan fingerprint density at radius 2 is 1.87 bits per heavy atom. The first kappa shape index (κ1) is 20.3. The fraction of sp³-hybridized carbons (Fsp3) is 0.700. The van der Waals surface area contributed by atoms with Crippen LogP contribution in [-0.2, 0) is 4.43 Å². The Labute approximate surface area is 146 Å². The Hall–Kier alpha value is -0.726. The standard InChI is InChI=1S/C20H36OSi2/c1-9-13-18-19(21-23(6,7)8)14-12-16-20(18,2)15-10-11-17-22(3,4)5/h9H,1,10,12-16H2,2-8H3. The maximum Gasteiger partial charge on any atom is 0.241 e. The lowest BCUT2D eigenvalue weighted by molar-refractivity contribution is 0.257. The van der Waals surface area contributed by atoms with Crippen molar-refractivity contribution in [2.24, 2.45) is 5.41 Å². The molecule has 1 unspecified atom stereocenters. The summed E-state index contributed by atoms with van der Waals surface area (Å²) in [5.74, 6) is 4.73. The molecule has 0 fully saturated rings. The van der Waals surface area contributed by atoms with Crippen molar-refractivity contribution in [2.45, 2.75) is 84.7 Å². The summed E-state index contributed by atoms with van der Waals surface area (Å²) in [6.07, 6.45) is 8.73. The van der Waals surface area contributed by atoms with Gasteiger partial charge in [0.2, 0.25) is 8.32 Å². The van der Waals surface area contributed by atoms with Gasteiger partial charge in [0.15, 0.2) is 0 Å². The highest BCUT2D eigenvalue weighted by Gasteiger charge is 2.35. The molecule has 0 saturated carbocycles. The molecule has 0 aromatic rings. The first-order chi connectivity index (χ1) is 10.5. The van der Waals surface area contributed by atoms with Gasteiger partial charge in [-0.25, -0.2) is 0 Å². The summed E-state index contributed by atoms with van der Waals surface area (Å²) in [5.41, 5.74) is 5.23. The van der Waals surface area contributed by atoms with Crippen molar-refractivity contribution < 1.29 is 4.43 Å². The lowest BCUT2D eigenvalue weighted by Gasteiger charge is -2.39. The van der Waals surface area contributed by atoms with Gasteiger partial charge >= 0.3 is 0 Å². The summed E-state index contributed by atoms with van der Waals surface area (Å²) in [7, 11) is -2.81. The summed E-state index contributed by atoms with van der Waals surface area (Å²) in [6.45, 7) is 20.1. The fourth-order valence-electron chi connectivity index (χ4n) is 3.21. The topological polar surface area (TPSA) is 9.23 Å². The number of allylic oxidation sites excluding steroid dienone is 3. The molecule has 0 bridgehead atoms. The van der Waals surface area contributed by atoms with Crippen molar-refractivity contribution in [3.05, 3.63) is 24.0 Å². The maximum absolute atomic E-state index is 6.44. The van der Waals surface area contributed by atoms with Crippen molar-refractivity contribution in [1.29, 1.82) is 0 Å². The third-order valence-electron chi connectivity index (χ3n) is 4.24. The highest BCUT2D eigenvalue weighted by molar-refractivity contribution is 6.83. The summed E-state index contributed by atoms with van der Waals surface area (Å²) < 4.78 is 6.44. The highest BCUT2D eigenvalue weighted by Crippen LogP contribution is 2.46. The van der Waals surface area contributed by atoms with E-state index in [1.54, 1.807) is 0 Å². The quantitative estimate of drug-likeness (QED) is 0.301. The third-order valence-corrected chi connectivity index (χ3v) is 6.03. The molecule has 1 aliphatic carbocycles. The molecule has 0 amide bonds. The normalized spacial score (nSPS) is 22.4. The molecule has 0 radical (unpaired) electrons. The average Bonchev–Trinajstić information content (AvgIpc) is 2.36. The molecule has 0 aromatic heterocycles. The predicted octanol–water partition coefficient (Wildman–Crippen LogP) is 6.52. The molecule has 0 heterocycles. The van der Waals surface area contributed by atoms with Gasteiger partial charge in [0.25, 0.3) is 0 Å². The van der Waals surface area contributed by atoms with Gasteiger partial charge in [-0.3, -0.25) is 0 Å². The summed E-state index contributed by atoms with van der Waals surface area (Å²) >= 11 is 0. The Balaban J connectivity index is 2.97. The van der Waals surface area contributed by atoms with Crippen LogP contribution in [0.25, 0.3) is 0 Å². The molecule has 0 aromatic carbocycles. The van der Waals surface area contributed by atoms with E-state index in [1.165, 1.54) is 24.2 Å². The molecule has 1 rings (SSSR count). The molecule has 3 heteroatoms. The number of rotatable bonds is 6. The zero-order valence-corrected chi connectivity index (χ0v) is 18.4. The van der Waals surface area contributed by atoms with Crippen LogP contribution in [0.1, 0.15) is 45.4 Å². The van der Waals surface area contributed by atoms with Crippen LogP contribution in [0, 0.1) is 16.9 Å². The predicted molar refractivity (Wildman–Crippen MR) is 109 cm³/mol. The molecule has 0 N–H and O–H groups in total. The van der Waals surface area contributed by atoms with Crippen LogP contribution in [0.4, 0.5) is 0 Å². The van der Waals surface area contributed by atoms with Crippen LogP contribution in [0.15, 0.2) is 24.0 Å². The van der Waals surface area contributed by atoms with Crippen LogP contribution >= 0.6 is 0 Å². The lowest BCUT2D eigenvalue weighted by atomic mass is 9.69. The average molecular weight is 349 g/mol. The van der Waals surface area contributed by atoms with E-state index in [2.05, 4.69) is 64.2 Å². The zero-order chi connectivity index (χ0) is 17.7. The van der Waals surface area contributed by atoms with E-state index in [4.69, 9.17) is 4.43 Å². The van der Waals surface area contributed by atoms with Crippen LogP contribution in [0.5, 0.6) is 0 Å². The second kappa shape index (κ2) is 7.90. The SMILES string of the molecule is C=CCC1=C(O[Si](C)(C)C)CCCC1(C)CCC#C[Si](C)(C)C. The van der Waals surface area contributed by atoms with E-state index >= 15 is 0 Å². The fourth-order valence-corrected chi connectivity index (χ4v) is 4.83. The Morgan fingerprint density at radius 3 is 2.39 bits per heavy atom. The highest BCUT2D eigenvalue weighted by atomic mass is 28.4. The molecule has 23 heavy (non-hydrogen) atoms. The van der Waals surface area contributed by atoms with Gasteiger partial charge in [-0.1, -0.05) is 32.6 Å². The largest absolute Gasteiger partial charge is 0.547 e. The van der Waals surface area contributed by atoms with Gasteiger partial charge in [-0.15, -0.1) is 18.0 Å². The minimum absolute atomic E-state index is 0.232. The van der Waals surface area contributed by atoms with Crippen LogP contribution in [0.3, 0.4) is 0 Å². The zero-order valence-electron chi connectivity index (χ0n) is 16.4. The van der Waals surface area contributed by atoms with Gasteiger partial charge in [-0.2, -0.15) is 0 Å². The molecule has 1 aliphatic rings. The molecule has 0 spiro atoms. The second-order valence-electron chi connectivity index (χ2n) is 9.07. The van der Waals surface area contributed by atoms with Crippen molar-refractivity contribution in [3.8, 4) is 11.5 Å². The van der Waals surface area contributed by atoms with E-state index in [0.29, 0.717) is 0 Å². The van der Waals surface area contributed by atoms with E-state index in [1.807, 2.05) is 6.08 Å². The van der Waals surface area contributed by atoms with E-state index < -0.39 is 16.4 Å². The molecule has 1 nitrogen and oxygen atoms in total. The van der Waals surface area contributed by atoms with E-state index in [0.717, 1.165) is 25.7 Å². The molecule has 0 saturated heterocycles. The Kier molecular flexibility index (Phi) is 6.98. The molecular formula is C20H36OSi2. The van der Waals surface area contributed by atoms with Gasteiger partial charge in [0, 0.05) is 12.8 Å². The van der Waals surface area contributed by atoms with Gasteiger partial charge in [-0.05, 0) is 56.3 Å². The minimum Gasteiger partial charge on any atom is -0.547 e. The second-order valence-corrected chi connectivity index (χ2v) is 18.3. The Bertz CT molecular complexity index is 508. The van der Waals surface area contributed by atoms with Crippen LogP contribution in [0.2, 0.25) is 39.3 Å². The first-order valence-electron chi connectivity index (χ1n) is 8.99. The number of hydrogen-bond acceptors (Lipinski definition) is 1. The maximum atomic E-state index is 6.44. The smallest absolute Gasteiger partial charge is 0.241 e. The molecular weight excluding hydrogens is 312 g/mol. The molecule has 0 aliphatic heterocycles. The van der Waals surface area contributed by atoms with Gasteiger partial charge < -0.3 is 4.43 Å². The lowest BCUT2D eigenvalue weighted by Crippen LogP contribution is -2.31. The Morgan fingerprint density at radius 1 is 1.22 bits per heavy atom. The molecule has 130 valence electrons. The number of hydrogen-bond donors (Lipinski definition) is 0. The third kappa shape index (κ3) is 7.14. The van der Waals surface area contributed by atoms with Crippen molar-refractivity contribution in [1.82, 2.24) is 0 Å². The minimum atomic E-state index is -1.56.